The zero-order valence-electron chi connectivity index (χ0n) is 10.5. The third kappa shape index (κ3) is 2.17. The van der Waals surface area contributed by atoms with E-state index in [9.17, 15) is 4.79 Å². The number of amides is 1. The molecule has 1 aromatic heterocycles. The van der Waals surface area contributed by atoms with Crippen molar-refractivity contribution in [1.29, 1.82) is 0 Å². The van der Waals surface area contributed by atoms with Gasteiger partial charge in [0.15, 0.2) is 0 Å². The molecule has 96 valence electrons. The van der Waals surface area contributed by atoms with E-state index in [1.54, 1.807) is 11.1 Å². The van der Waals surface area contributed by atoms with Crippen LogP contribution >= 0.6 is 0 Å². The molecule has 19 heavy (non-hydrogen) atoms. The van der Waals surface area contributed by atoms with Crippen molar-refractivity contribution in [3.05, 3.63) is 53.7 Å². The number of aromatic nitrogens is 1. The zero-order chi connectivity index (χ0) is 13.2. The molecule has 1 aliphatic heterocycles. The average Bonchev–Trinajstić information content (AvgIpc) is 2.44. The summed E-state index contributed by atoms with van der Waals surface area (Å²) in [5.74, 6) is 0.625. The summed E-state index contributed by atoms with van der Waals surface area (Å²) >= 11 is 0. The van der Waals surface area contributed by atoms with Gasteiger partial charge in [-0.2, -0.15) is 0 Å². The summed E-state index contributed by atoms with van der Waals surface area (Å²) in [7, 11) is 0. The molecule has 2 N–H and O–H groups in total. The first-order valence-corrected chi connectivity index (χ1v) is 6.33. The molecule has 0 spiro atoms. The van der Waals surface area contributed by atoms with Gasteiger partial charge in [0.25, 0.3) is 0 Å². The van der Waals surface area contributed by atoms with Crippen molar-refractivity contribution < 1.29 is 4.79 Å². The number of benzene rings is 1. The van der Waals surface area contributed by atoms with Crippen LogP contribution in [0.25, 0.3) is 0 Å². The van der Waals surface area contributed by atoms with Crippen LogP contribution in [0.5, 0.6) is 0 Å². The van der Waals surface area contributed by atoms with E-state index < -0.39 is 0 Å². The molecule has 4 nitrogen and oxygen atoms in total. The van der Waals surface area contributed by atoms with Crippen LogP contribution in [0.2, 0.25) is 0 Å². The molecular formula is C15H15N3O. The number of hydrogen-bond acceptors (Lipinski definition) is 3. The monoisotopic (exact) mass is 253 g/mol. The first-order valence-electron chi connectivity index (χ1n) is 6.33. The van der Waals surface area contributed by atoms with Crippen LogP contribution in [0.15, 0.2) is 42.6 Å². The molecule has 1 aliphatic rings. The minimum atomic E-state index is 0.141. The lowest BCUT2D eigenvalue weighted by Gasteiger charge is -2.29. The maximum absolute atomic E-state index is 12.1. The molecule has 0 atom stereocenters. The average molecular weight is 253 g/mol. The highest BCUT2D eigenvalue weighted by atomic mass is 16.2. The van der Waals surface area contributed by atoms with Crippen molar-refractivity contribution in [2.24, 2.45) is 0 Å². The highest BCUT2D eigenvalue weighted by Crippen LogP contribution is 2.29. The molecule has 0 saturated carbocycles. The Kier molecular flexibility index (Phi) is 2.91. The summed E-state index contributed by atoms with van der Waals surface area (Å²) in [6, 6.07) is 11.8. The first-order chi connectivity index (χ1) is 9.25. The number of rotatable bonds is 2. The van der Waals surface area contributed by atoms with Crippen molar-refractivity contribution in [1.82, 2.24) is 4.98 Å². The van der Waals surface area contributed by atoms with Gasteiger partial charge in [0.2, 0.25) is 5.91 Å². The van der Waals surface area contributed by atoms with Crippen LogP contribution in [-0.2, 0) is 17.8 Å². The number of carbonyl (C=O) groups excluding carboxylic acids is 1. The van der Waals surface area contributed by atoms with Gasteiger partial charge < -0.3 is 10.6 Å². The number of para-hydroxylation sites is 1. The maximum atomic E-state index is 12.1. The Morgan fingerprint density at radius 2 is 2.00 bits per heavy atom. The number of nitrogens with zero attached hydrogens (tertiary/aromatic N) is 2. The summed E-state index contributed by atoms with van der Waals surface area (Å²) < 4.78 is 0. The van der Waals surface area contributed by atoms with Gasteiger partial charge in [-0.3, -0.25) is 4.79 Å². The van der Waals surface area contributed by atoms with Gasteiger partial charge in [-0.1, -0.05) is 24.3 Å². The van der Waals surface area contributed by atoms with E-state index in [0.29, 0.717) is 18.8 Å². The highest BCUT2D eigenvalue weighted by Gasteiger charge is 2.24. The van der Waals surface area contributed by atoms with Crippen molar-refractivity contribution in [3.8, 4) is 0 Å². The van der Waals surface area contributed by atoms with E-state index in [0.717, 1.165) is 17.7 Å². The molecule has 0 unspecified atom stereocenters. The quantitative estimate of drug-likeness (QED) is 0.892. The van der Waals surface area contributed by atoms with Crippen LogP contribution < -0.4 is 10.6 Å². The smallest absolute Gasteiger partial charge is 0.227 e. The Hall–Kier alpha value is -2.36. The number of carbonyl (C=O) groups is 1. The second-order valence-corrected chi connectivity index (χ2v) is 4.66. The normalized spacial score (nSPS) is 14.3. The molecule has 1 aromatic carbocycles. The van der Waals surface area contributed by atoms with E-state index in [-0.39, 0.29) is 5.91 Å². The lowest BCUT2D eigenvalue weighted by Crippen LogP contribution is -2.34. The molecule has 0 fully saturated rings. The Labute approximate surface area is 111 Å². The number of aryl methyl sites for hydroxylation is 1. The standard InChI is InChI=1S/C15H15N3O/c16-15-12(5-3-9-17-15)10-18-13-6-2-1-4-11(13)7-8-14(18)19/h1-6,9H,7-8,10H2,(H2,16,17). The minimum absolute atomic E-state index is 0.141. The molecule has 2 aromatic rings. The SMILES string of the molecule is Nc1ncccc1CN1C(=O)CCc2ccccc21. The number of nitrogens with two attached hydrogens (primary N) is 1. The summed E-state index contributed by atoms with van der Waals surface area (Å²) in [5.41, 5.74) is 8.94. The van der Waals surface area contributed by atoms with Crippen LogP contribution in [0.4, 0.5) is 11.5 Å². The first kappa shape index (κ1) is 11.7. The van der Waals surface area contributed by atoms with Crippen molar-refractivity contribution >= 4 is 17.4 Å². The predicted octanol–water partition coefficient (Wildman–Crippen LogP) is 2.14. The number of nitrogen functional groups attached to an aromatic ring is 1. The predicted molar refractivity (Wildman–Crippen MR) is 74.6 cm³/mol. The second-order valence-electron chi connectivity index (χ2n) is 4.66. The van der Waals surface area contributed by atoms with Gasteiger partial charge in [-0.05, 0) is 24.1 Å². The van der Waals surface area contributed by atoms with Gasteiger partial charge in [0, 0.05) is 23.9 Å². The Morgan fingerprint density at radius 1 is 1.16 bits per heavy atom. The summed E-state index contributed by atoms with van der Waals surface area (Å²) in [6.07, 6.45) is 3.02. The van der Waals surface area contributed by atoms with Crippen LogP contribution in [-0.4, -0.2) is 10.9 Å². The van der Waals surface area contributed by atoms with Gasteiger partial charge >= 0.3 is 0 Å². The fourth-order valence-corrected chi connectivity index (χ4v) is 2.42. The molecule has 0 bridgehead atoms. The van der Waals surface area contributed by atoms with E-state index in [2.05, 4.69) is 11.1 Å². The van der Waals surface area contributed by atoms with Crippen molar-refractivity contribution in [3.63, 3.8) is 0 Å². The van der Waals surface area contributed by atoms with Gasteiger partial charge in [-0.15, -0.1) is 0 Å². The lowest BCUT2D eigenvalue weighted by atomic mass is 10.0. The number of hydrogen-bond donors (Lipinski definition) is 1. The fraction of sp³-hybridized carbons (Fsp3) is 0.200. The number of fused-ring (bicyclic) bond motifs is 1. The Morgan fingerprint density at radius 3 is 2.84 bits per heavy atom. The molecule has 3 rings (SSSR count). The maximum Gasteiger partial charge on any atom is 0.227 e. The molecular weight excluding hydrogens is 238 g/mol. The molecule has 0 saturated heterocycles. The largest absolute Gasteiger partial charge is 0.383 e. The van der Waals surface area contributed by atoms with E-state index >= 15 is 0 Å². The second kappa shape index (κ2) is 4.72. The topological polar surface area (TPSA) is 59.2 Å². The van der Waals surface area contributed by atoms with Gasteiger partial charge in [0.1, 0.15) is 5.82 Å². The third-order valence-electron chi connectivity index (χ3n) is 3.45. The zero-order valence-corrected chi connectivity index (χ0v) is 10.5. The molecule has 0 radical (unpaired) electrons. The molecule has 1 amide bonds. The van der Waals surface area contributed by atoms with Gasteiger partial charge in [-0.25, -0.2) is 4.98 Å². The van der Waals surface area contributed by atoms with Crippen LogP contribution in [0, 0.1) is 0 Å². The lowest BCUT2D eigenvalue weighted by molar-refractivity contribution is -0.119. The third-order valence-corrected chi connectivity index (χ3v) is 3.45. The summed E-state index contributed by atoms with van der Waals surface area (Å²) in [6.45, 7) is 0.482. The molecule has 4 heteroatoms. The van der Waals surface area contributed by atoms with Gasteiger partial charge in [0.05, 0.1) is 6.54 Å². The fourth-order valence-electron chi connectivity index (χ4n) is 2.42. The van der Waals surface area contributed by atoms with Crippen LogP contribution in [0.1, 0.15) is 17.5 Å². The minimum Gasteiger partial charge on any atom is -0.383 e. The summed E-state index contributed by atoms with van der Waals surface area (Å²) in [4.78, 5) is 18.0. The Balaban J connectivity index is 1.96. The summed E-state index contributed by atoms with van der Waals surface area (Å²) in [5, 5.41) is 0. The van der Waals surface area contributed by atoms with E-state index in [1.807, 2.05) is 30.3 Å². The Bertz CT molecular complexity index is 624. The number of anilines is 2. The molecule has 2 heterocycles. The number of pyridine rings is 1. The van der Waals surface area contributed by atoms with Crippen molar-refractivity contribution in [2.75, 3.05) is 10.6 Å². The van der Waals surface area contributed by atoms with E-state index in [1.165, 1.54) is 5.56 Å². The van der Waals surface area contributed by atoms with Crippen molar-refractivity contribution in [2.45, 2.75) is 19.4 Å². The van der Waals surface area contributed by atoms with Crippen LogP contribution in [0.3, 0.4) is 0 Å². The molecule has 0 aliphatic carbocycles. The highest BCUT2D eigenvalue weighted by molar-refractivity contribution is 5.96. The van der Waals surface area contributed by atoms with E-state index in [4.69, 9.17) is 5.73 Å².